The fourth-order valence-corrected chi connectivity index (χ4v) is 4.05. The summed E-state index contributed by atoms with van der Waals surface area (Å²) in [6, 6.07) is 6.75. The molecule has 1 aromatic rings. The van der Waals surface area contributed by atoms with Crippen LogP contribution in [0.2, 0.25) is 0 Å². The summed E-state index contributed by atoms with van der Waals surface area (Å²) >= 11 is 0. The average Bonchev–Trinajstić information content (AvgIpc) is 3.19. The van der Waals surface area contributed by atoms with E-state index in [9.17, 15) is 14.4 Å². The highest BCUT2D eigenvalue weighted by Crippen LogP contribution is 2.21. The number of carbonyl (C=O) groups excluding carboxylic acids is 3. The van der Waals surface area contributed by atoms with Crippen LogP contribution in [0.25, 0.3) is 0 Å². The molecular formula is C22H32N6O3. The minimum Gasteiger partial charge on any atom is -0.350 e. The van der Waals surface area contributed by atoms with E-state index < -0.39 is 18.2 Å². The van der Waals surface area contributed by atoms with E-state index in [4.69, 9.17) is 5.73 Å². The van der Waals surface area contributed by atoms with Crippen molar-refractivity contribution in [3.63, 3.8) is 0 Å². The predicted molar refractivity (Wildman–Crippen MR) is 119 cm³/mol. The Morgan fingerprint density at radius 2 is 1.81 bits per heavy atom. The fourth-order valence-electron chi connectivity index (χ4n) is 4.05. The van der Waals surface area contributed by atoms with Crippen LogP contribution in [0.3, 0.4) is 0 Å². The molecule has 2 fully saturated rings. The summed E-state index contributed by atoms with van der Waals surface area (Å²) in [7, 11) is 0. The van der Waals surface area contributed by atoms with Crippen molar-refractivity contribution < 1.29 is 14.4 Å². The zero-order valence-electron chi connectivity index (χ0n) is 18.0. The van der Waals surface area contributed by atoms with Gasteiger partial charge >= 0.3 is 12.1 Å². The van der Waals surface area contributed by atoms with E-state index in [-0.39, 0.29) is 37.6 Å². The van der Waals surface area contributed by atoms with Crippen molar-refractivity contribution in [2.45, 2.75) is 50.9 Å². The van der Waals surface area contributed by atoms with Crippen molar-refractivity contribution in [3.05, 3.63) is 42.5 Å². The van der Waals surface area contributed by atoms with E-state index in [0.29, 0.717) is 5.69 Å². The Morgan fingerprint density at radius 1 is 1.13 bits per heavy atom. The second-order valence-corrected chi connectivity index (χ2v) is 8.16. The van der Waals surface area contributed by atoms with Crippen molar-refractivity contribution in [2.75, 3.05) is 25.0 Å². The number of urea groups is 2. The number of rotatable bonds is 5. The van der Waals surface area contributed by atoms with Gasteiger partial charge in [-0.05, 0) is 50.3 Å². The lowest BCUT2D eigenvalue weighted by Crippen LogP contribution is -2.58. The van der Waals surface area contributed by atoms with Crippen LogP contribution in [-0.4, -0.2) is 65.7 Å². The van der Waals surface area contributed by atoms with Gasteiger partial charge in [0.25, 0.3) is 5.91 Å². The van der Waals surface area contributed by atoms with Gasteiger partial charge in [-0.1, -0.05) is 18.2 Å². The SMILES string of the molecule is C=CCNC(=O)N1CCN(C(=O)Nc2cccc(C)c2)C1C(=O)NC1CCC(N)CC1. The second kappa shape index (κ2) is 10.3. The number of benzene rings is 1. The number of aryl methyl sites for hydroxylation is 1. The largest absolute Gasteiger partial charge is 0.350 e. The first-order chi connectivity index (χ1) is 14.9. The van der Waals surface area contributed by atoms with Gasteiger partial charge in [0, 0.05) is 37.4 Å². The molecule has 1 saturated heterocycles. The number of carbonyl (C=O) groups is 3. The first-order valence-electron chi connectivity index (χ1n) is 10.7. The second-order valence-electron chi connectivity index (χ2n) is 8.16. The van der Waals surface area contributed by atoms with Crippen LogP contribution in [0.1, 0.15) is 31.2 Å². The summed E-state index contributed by atoms with van der Waals surface area (Å²) < 4.78 is 0. The molecule has 9 nitrogen and oxygen atoms in total. The van der Waals surface area contributed by atoms with Gasteiger partial charge in [-0.25, -0.2) is 9.59 Å². The monoisotopic (exact) mass is 428 g/mol. The van der Waals surface area contributed by atoms with Crippen molar-refractivity contribution in [1.82, 2.24) is 20.4 Å². The number of hydrogen-bond acceptors (Lipinski definition) is 4. The van der Waals surface area contributed by atoms with Crippen LogP contribution in [0.5, 0.6) is 0 Å². The van der Waals surface area contributed by atoms with Crippen LogP contribution < -0.4 is 21.7 Å². The lowest BCUT2D eigenvalue weighted by molar-refractivity contribution is -0.128. The number of anilines is 1. The summed E-state index contributed by atoms with van der Waals surface area (Å²) in [6.07, 6.45) is 3.81. The smallest absolute Gasteiger partial charge is 0.323 e. The predicted octanol–water partition coefficient (Wildman–Crippen LogP) is 1.75. The van der Waals surface area contributed by atoms with E-state index in [1.807, 2.05) is 25.1 Å². The van der Waals surface area contributed by atoms with Crippen LogP contribution in [0, 0.1) is 6.92 Å². The summed E-state index contributed by atoms with van der Waals surface area (Å²) in [5, 5.41) is 8.56. The van der Waals surface area contributed by atoms with Crippen molar-refractivity contribution >= 4 is 23.7 Å². The van der Waals surface area contributed by atoms with Crippen molar-refractivity contribution in [1.29, 1.82) is 0 Å². The summed E-state index contributed by atoms with van der Waals surface area (Å²) in [5.74, 6) is -0.355. The molecule has 1 aliphatic carbocycles. The van der Waals surface area contributed by atoms with Gasteiger partial charge in [-0.2, -0.15) is 0 Å². The number of hydrogen-bond donors (Lipinski definition) is 4. The summed E-state index contributed by atoms with van der Waals surface area (Å²) in [6.45, 7) is 6.33. The highest BCUT2D eigenvalue weighted by Gasteiger charge is 2.43. The lowest BCUT2D eigenvalue weighted by Gasteiger charge is -2.32. The average molecular weight is 429 g/mol. The molecule has 0 spiro atoms. The number of nitrogens with one attached hydrogen (secondary N) is 3. The fraction of sp³-hybridized carbons (Fsp3) is 0.500. The van der Waals surface area contributed by atoms with Gasteiger partial charge in [-0.3, -0.25) is 14.6 Å². The topological polar surface area (TPSA) is 120 Å². The third kappa shape index (κ3) is 5.75. The summed E-state index contributed by atoms with van der Waals surface area (Å²) in [4.78, 5) is 41.6. The first kappa shape index (κ1) is 22.6. The molecular weight excluding hydrogens is 396 g/mol. The third-order valence-corrected chi connectivity index (χ3v) is 5.71. The summed E-state index contributed by atoms with van der Waals surface area (Å²) in [5.41, 5.74) is 7.61. The van der Waals surface area contributed by atoms with Gasteiger partial charge < -0.3 is 21.7 Å². The van der Waals surface area contributed by atoms with Crippen LogP contribution >= 0.6 is 0 Å². The van der Waals surface area contributed by atoms with Gasteiger partial charge in [0.2, 0.25) is 0 Å². The molecule has 2 aliphatic rings. The lowest BCUT2D eigenvalue weighted by atomic mass is 9.92. The van der Waals surface area contributed by atoms with Gasteiger partial charge in [0.1, 0.15) is 0 Å². The Balaban J connectivity index is 1.74. The van der Waals surface area contributed by atoms with Crippen LogP contribution in [-0.2, 0) is 4.79 Å². The molecule has 1 unspecified atom stereocenters. The van der Waals surface area contributed by atoms with Gasteiger partial charge in [0.05, 0.1) is 0 Å². The zero-order valence-corrected chi connectivity index (χ0v) is 18.0. The first-order valence-corrected chi connectivity index (χ1v) is 10.7. The minimum atomic E-state index is -1.02. The molecule has 168 valence electrons. The molecule has 3 rings (SSSR count). The van der Waals surface area contributed by atoms with Gasteiger partial charge in [0.15, 0.2) is 6.17 Å². The Morgan fingerprint density at radius 3 is 2.45 bits per heavy atom. The van der Waals surface area contributed by atoms with Crippen LogP contribution in [0.15, 0.2) is 36.9 Å². The maximum absolute atomic E-state index is 13.2. The minimum absolute atomic E-state index is 0.00679. The Bertz CT molecular complexity index is 821. The molecule has 1 aromatic carbocycles. The van der Waals surface area contributed by atoms with E-state index in [1.165, 1.54) is 9.80 Å². The maximum atomic E-state index is 13.2. The third-order valence-electron chi connectivity index (χ3n) is 5.71. The molecule has 1 atom stereocenters. The standard InChI is InChI=1S/C22H32N6O3/c1-3-11-24-21(30)27-12-13-28(22(31)26-18-6-4-5-15(2)14-18)20(27)19(29)25-17-9-7-16(23)8-10-17/h3-6,14,16-17,20H,1,7-13,23H2,2H3,(H,24,30)(H,25,29)(H,26,31). The molecule has 0 aromatic heterocycles. The number of amides is 5. The Labute approximate surface area is 183 Å². The highest BCUT2D eigenvalue weighted by molar-refractivity contribution is 5.96. The maximum Gasteiger partial charge on any atom is 0.323 e. The molecule has 0 bridgehead atoms. The molecule has 9 heteroatoms. The zero-order chi connectivity index (χ0) is 22.4. The normalized spacial score (nSPS) is 23.2. The van der Waals surface area contributed by atoms with E-state index >= 15 is 0 Å². The highest BCUT2D eigenvalue weighted by atomic mass is 16.2. The molecule has 0 radical (unpaired) electrons. The Kier molecular flexibility index (Phi) is 7.51. The van der Waals surface area contributed by atoms with E-state index in [2.05, 4.69) is 22.5 Å². The number of nitrogens with two attached hydrogens (primary N) is 1. The molecule has 5 amide bonds. The van der Waals surface area contributed by atoms with E-state index in [0.717, 1.165) is 31.2 Å². The van der Waals surface area contributed by atoms with E-state index in [1.54, 1.807) is 12.1 Å². The quantitative estimate of drug-likeness (QED) is 0.534. The van der Waals surface area contributed by atoms with Crippen molar-refractivity contribution in [2.24, 2.45) is 5.73 Å². The van der Waals surface area contributed by atoms with Crippen molar-refractivity contribution in [3.8, 4) is 0 Å². The Hall–Kier alpha value is -3.07. The molecule has 1 heterocycles. The number of nitrogens with zero attached hydrogens (tertiary/aromatic N) is 2. The molecule has 31 heavy (non-hydrogen) atoms. The molecule has 5 N–H and O–H groups in total. The molecule has 1 saturated carbocycles. The molecule has 1 aliphatic heterocycles. The van der Waals surface area contributed by atoms with Crippen LogP contribution in [0.4, 0.5) is 15.3 Å². The van der Waals surface area contributed by atoms with Gasteiger partial charge in [-0.15, -0.1) is 6.58 Å².